The third-order valence-electron chi connectivity index (χ3n) is 5.23. The first-order valence-corrected chi connectivity index (χ1v) is 9.44. The zero-order chi connectivity index (χ0) is 20.4. The van der Waals surface area contributed by atoms with Gasteiger partial charge in [0.2, 0.25) is 0 Å². The van der Waals surface area contributed by atoms with Crippen molar-refractivity contribution in [2.75, 3.05) is 6.61 Å². The first-order chi connectivity index (χ1) is 14.0. The Morgan fingerprint density at radius 2 is 1.97 bits per heavy atom. The van der Waals surface area contributed by atoms with Crippen molar-refractivity contribution in [1.82, 2.24) is 20.9 Å². The predicted octanol–water partition coefficient (Wildman–Crippen LogP) is 1.20. The molecule has 2 fully saturated rings. The van der Waals surface area contributed by atoms with Gasteiger partial charge in [0.05, 0.1) is 6.42 Å². The lowest BCUT2D eigenvalue weighted by Gasteiger charge is -2.30. The number of aromatic nitrogens is 1. The molecular weight excluding hydrogens is 380 g/mol. The number of rotatable bonds is 5. The van der Waals surface area contributed by atoms with Gasteiger partial charge in [0.1, 0.15) is 11.2 Å². The lowest BCUT2D eigenvalue weighted by molar-refractivity contribution is -0.150. The number of amides is 4. The molecule has 10 nitrogen and oxygen atoms in total. The topological polar surface area (TPSA) is 131 Å². The minimum absolute atomic E-state index is 0.170. The Balaban J connectivity index is 1.30. The number of para-hydroxylation sites is 1. The van der Waals surface area contributed by atoms with E-state index in [1.54, 1.807) is 24.3 Å². The first-order valence-electron chi connectivity index (χ1n) is 9.44. The zero-order valence-corrected chi connectivity index (χ0v) is 15.6. The van der Waals surface area contributed by atoms with Gasteiger partial charge in [-0.1, -0.05) is 36.6 Å². The Morgan fingerprint density at radius 3 is 2.76 bits per heavy atom. The molecule has 0 bridgehead atoms. The van der Waals surface area contributed by atoms with Crippen molar-refractivity contribution in [2.24, 2.45) is 0 Å². The third-order valence-corrected chi connectivity index (χ3v) is 5.23. The van der Waals surface area contributed by atoms with Crippen LogP contribution in [0.4, 0.5) is 4.79 Å². The second-order valence-electron chi connectivity index (χ2n) is 7.21. The van der Waals surface area contributed by atoms with Crippen LogP contribution in [0.15, 0.2) is 28.8 Å². The Kier molecular flexibility index (Phi) is 4.91. The van der Waals surface area contributed by atoms with E-state index < -0.39 is 36.0 Å². The lowest BCUT2D eigenvalue weighted by atomic mass is 9.82. The quantitative estimate of drug-likeness (QED) is 0.569. The smallest absolute Gasteiger partial charge is 0.344 e. The molecule has 1 saturated carbocycles. The summed E-state index contributed by atoms with van der Waals surface area (Å²) >= 11 is 0. The molecule has 2 aromatic rings. The number of urea groups is 1. The first kappa shape index (κ1) is 18.9. The van der Waals surface area contributed by atoms with Crippen molar-refractivity contribution in [1.29, 1.82) is 0 Å². The van der Waals surface area contributed by atoms with Gasteiger partial charge in [0, 0.05) is 5.39 Å². The van der Waals surface area contributed by atoms with Gasteiger partial charge in [-0.3, -0.25) is 19.8 Å². The van der Waals surface area contributed by atoms with Crippen LogP contribution in [0.3, 0.4) is 0 Å². The summed E-state index contributed by atoms with van der Waals surface area (Å²) in [5, 5.41) is 7.87. The Bertz CT molecular complexity index is 978. The molecule has 0 atom stereocenters. The standard InChI is InChI=1S/C19H20N4O6/c24-15(21-23-17(26)19(20-18(23)27)8-4-1-5-9-19)11-28-16(25)10-13-12-6-2-3-7-14(12)29-22-13/h2-3,6-7H,1,4-5,8-11H2,(H,20,27)(H,21,24). The number of benzene rings is 1. The molecule has 2 N–H and O–H groups in total. The summed E-state index contributed by atoms with van der Waals surface area (Å²) in [5.41, 5.74) is 2.22. The largest absolute Gasteiger partial charge is 0.455 e. The van der Waals surface area contributed by atoms with Crippen LogP contribution in [0, 0.1) is 0 Å². The van der Waals surface area contributed by atoms with Crippen molar-refractivity contribution in [2.45, 2.75) is 44.1 Å². The van der Waals surface area contributed by atoms with Gasteiger partial charge < -0.3 is 14.6 Å². The van der Waals surface area contributed by atoms with Gasteiger partial charge >= 0.3 is 12.0 Å². The van der Waals surface area contributed by atoms with Crippen LogP contribution >= 0.6 is 0 Å². The number of esters is 1. The van der Waals surface area contributed by atoms with Gasteiger partial charge in [0.15, 0.2) is 12.2 Å². The highest BCUT2D eigenvalue weighted by Gasteiger charge is 2.52. The number of hydrogen-bond acceptors (Lipinski definition) is 7. The number of ether oxygens (including phenoxy) is 1. The van der Waals surface area contributed by atoms with Gasteiger partial charge in [-0.15, -0.1) is 0 Å². The van der Waals surface area contributed by atoms with Crippen molar-refractivity contribution in [3.05, 3.63) is 30.0 Å². The number of carbonyl (C=O) groups is 4. The monoisotopic (exact) mass is 400 g/mol. The molecule has 1 aromatic carbocycles. The van der Waals surface area contributed by atoms with Crippen LogP contribution in [0.2, 0.25) is 0 Å². The van der Waals surface area contributed by atoms with Crippen LogP contribution in [-0.4, -0.2) is 46.1 Å². The van der Waals surface area contributed by atoms with E-state index >= 15 is 0 Å². The highest BCUT2D eigenvalue weighted by atomic mass is 16.5. The molecular formula is C19H20N4O6. The summed E-state index contributed by atoms with van der Waals surface area (Å²) in [6.45, 7) is -0.626. The van der Waals surface area contributed by atoms with E-state index in [2.05, 4.69) is 15.9 Å². The van der Waals surface area contributed by atoms with Crippen LogP contribution in [0.1, 0.15) is 37.8 Å². The normalized spacial score (nSPS) is 18.1. The third kappa shape index (κ3) is 3.65. The van der Waals surface area contributed by atoms with E-state index in [1.807, 2.05) is 0 Å². The van der Waals surface area contributed by atoms with Crippen molar-refractivity contribution < 1.29 is 28.4 Å². The number of fused-ring (bicyclic) bond motifs is 1. The molecule has 10 heteroatoms. The second kappa shape index (κ2) is 7.53. The van der Waals surface area contributed by atoms with E-state index in [4.69, 9.17) is 9.26 Å². The maximum absolute atomic E-state index is 12.6. The zero-order valence-electron chi connectivity index (χ0n) is 15.6. The molecule has 2 heterocycles. The summed E-state index contributed by atoms with van der Waals surface area (Å²) in [7, 11) is 0. The fourth-order valence-electron chi connectivity index (χ4n) is 3.77. The second-order valence-corrected chi connectivity index (χ2v) is 7.21. The SMILES string of the molecule is O=C(COC(=O)Cc1noc2ccccc12)NN1C(=O)NC2(CCCCC2)C1=O. The van der Waals surface area contributed by atoms with E-state index in [0.717, 1.165) is 19.3 Å². The molecule has 2 aliphatic rings. The summed E-state index contributed by atoms with van der Waals surface area (Å²) in [6, 6.07) is 6.39. The molecule has 0 unspecified atom stereocenters. The number of nitrogens with zero attached hydrogens (tertiary/aromatic N) is 2. The highest BCUT2D eigenvalue weighted by molar-refractivity contribution is 6.08. The average Bonchev–Trinajstić information content (AvgIpc) is 3.22. The lowest BCUT2D eigenvalue weighted by Crippen LogP contribution is -2.51. The molecule has 4 amide bonds. The number of nitrogens with one attached hydrogen (secondary N) is 2. The molecule has 1 aromatic heterocycles. The molecule has 152 valence electrons. The minimum Gasteiger partial charge on any atom is -0.455 e. The number of imide groups is 1. The Morgan fingerprint density at radius 1 is 1.21 bits per heavy atom. The fourth-order valence-corrected chi connectivity index (χ4v) is 3.77. The highest BCUT2D eigenvalue weighted by Crippen LogP contribution is 2.32. The summed E-state index contributed by atoms with van der Waals surface area (Å²) in [4.78, 5) is 48.8. The van der Waals surface area contributed by atoms with Gasteiger partial charge in [0.25, 0.3) is 11.8 Å². The molecule has 1 aliphatic carbocycles. The van der Waals surface area contributed by atoms with Crippen LogP contribution in [-0.2, 0) is 25.5 Å². The van der Waals surface area contributed by atoms with Crippen LogP contribution in [0.25, 0.3) is 11.0 Å². The molecule has 1 spiro atoms. The van der Waals surface area contributed by atoms with E-state index in [-0.39, 0.29) is 6.42 Å². The Hall–Kier alpha value is -3.43. The number of carbonyl (C=O) groups excluding carboxylic acids is 4. The molecule has 1 saturated heterocycles. The Labute approximate surface area is 165 Å². The maximum atomic E-state index is 12.6. The molecule has 4 rings (SSSR count). The van der Waals surface area contributed by atoms with E-state index in [1.165, 1.54) is 0 Å². The van der Waals surface area contributed by atoms with Crippen molar-refractivity contribution in [3.63, 3.8) is 0 Å². The van der Waals surface area contributed by atoms with Gasteiger partial charge in [-0.2, -0.15) is 5.01 Å². The fraction of sp³-hybridized carbons (Fsp3) is 0.421. The summed E-state index contributed by atoms with van der Waals surface area (Å²) in [6.07, 6.45) is 3.60. The van der Waals surface area contributed by atoms with Crippen molar-refractivity contribution in [3.8, 4) is 0 Å². The van der Waals surface area contributed by atoms with Gasteiger partial charge in [-0.05, 0) is 25.0 Å². The molecule has 29 heavy (non-hydrogen) atoms. The summed E-state index contributed by atoms with van der Waals surface area (Å²) < 4.78 is 10.1. The summed E-state index contributed by atoms with van der Waals surface area (Å²) in [5.74, 6) is -1.93. The van der Waals surface area contributed by atoms with Crippen LogP contribution < -0.4 is 10.7 Å². The van der Waals surface area contributed by atoms with Crippen LogP contribution in [0.5, 0.6) is 0 Å². The predicted molar refractivity (Wildman–Crippen MR) is 98.0 cm³/mol. The van der Waals surface area contributed by atoms with E-state index in [9.17, 15) is 19.2 Å². The molecule has 0 radical (unpaired) electrons. The maximum Gasteiger partial charge on any atom is 0.344 e. The number of hydrogen-bond donors (Lipinski definition) is 2. The molecule has 1 aliphatic heterocycles. The van der Waals surface area contributed by atoms with Gasteiger partial charge in [-0.25, -0.2) is 4.79 Å². The minimum atomic E-state index is -0.937. The number of hydrazine groups is 1. The average molecular weight is 400 g/mol. The van der Waals surface area contributed by atoms with E-state index in [0.29, 0.717) is 34.5 Å². The van der Waals surface area contributed by atoms with Crippen molar-refractivity contribution >= 4 is 34.8 Å².